The third-order valence-corrected chi connectivity index (χ3v) is 2.63. The fourth-order valence-electron chi connectivity index (χ4n) is 1.69. The van der Waals surface area contributed by atoms with E-state index in [-0.39, 0.29) is 6.10 Å². The molecule has 4 heteroatoms. The summed E-state index contributed by atoms with van der Waals surface area (Å²) in [6.45, 7) is 4.49. The molecule has 0 fully saturated rings. The molecule has 0 aliphatic rings. The summed E-state index contributed by atoms with van der Waals surface area (Å²) >= 11 is 0. The van der Waals surface area contributed by atoms with E-state index in [0.29, 0.717) is 12.4 Å². The van der Waals surface area contributed by atoms with E-state index in [0.717, 1.165) is 17.0 Å². The molecular formula is C15H18N2O2. The van der Waals surface area contributed by atoms with Crippen LogP contribution < -0.4 is 4.74 Å². The van der Waals surface area contributed by atoms with E-state index in [1.807, 2.05) is 44.2 Å². The van der Waals surface area contributed by atoms with Crippen LogP contribution in [0.4, 0.5) is 0 Å². The van der Waals surface area contributed by atoms with E-state index < -0.39 is 0 Å². The van der Waals surface area contributed by atoms with E-state index in [4.69, 9.17) is 9.47 Å². The highest BCUT2D eigenvalue weighted by atomic mass is 16.5. The molecule has 0 aliphatic carbocycles. The first-order valence-corrected chi connectivity index (χ1v) is 6.27. The summed E-state index contributed by atoms with van der Waals surface area (Å²) in [5.41, 5.74) is 1.75. The molecule has 1 heterocycles. The molecule has 0 aliphatic heterocycles. The zero-order valence-electron chi connectivity index (χ0n) is 11.5. The van der Waals surface area contributed by atoms with E-state index in [9.17, 15) is 0 Å². The number of nitrogens with zero attached hydrogens (tertiary/aromatic N) is 2. The number of methoxy groups -OCH3 is 1. The van der Waals surface area contributed by atoms with Crippen LogP contribution in [0.5, 0.6) is 5.75 Å². The molecule has 0 unspecified atom stereocenters. The molecule has 4 nitrogen and oxygen atoms in total. The molecule has 100 valence electrons. The Hall–Kier alpha value is -1.94. The van der Waals surface area contributed by atoms with Crippen LogP contribution in [-0.2, 0) is 11.3 Å². The highest BCUT2D eigenvalue weighted by Gasteiger charge is 2.08. The van der Waals surface area contributed by atoms with Gasteiger partial charge in [-0.3, -0.25) is 0 Å². The second-order valence-corrected chi connectivity index (χ2v) is 4.43. The van der Waals surface area contributed by atoms with Crippen molar-refractivity contribution in [3.63, 3.8) is 0 Å². The SMILES string of the molecule is COc1ccccc1-c1nccc(COC(C)C)n1. The number of benzene rings is 1. The molecule has 1 aromatic carbocycles. The third-order valence-electron chi connectivity index (χ3n) is 2.63. The van der Waals surface area contributed by atoms with Crippen molar-refractivity contribution in [2.45, 2.75) is 26.6 Å². The molecule has 2 rings (SSSR count). The van der Waals surface area contributed by atoms with Gasteiger partial charge in [-0.2, -0.15) is 0 Å². The monoisotopic (exact) mass is 258 g/mol. The molecule has 0 atom stereocenters. The maximum absolute atomic E-state index is 5.55. The molecule has 1 aromatic heterocycles. The summed E-state index contributed by atoms with van der Waals surface area (Å²) in [5, 5.41) is 0. The highest BCUT2D eigenvalue weighted by molar-refractivity contribution is 5.63. The molecule has 0 bridgehead atoms. The van der Waals surface area contributed by atoms with Crippen LogP contribution in [0.1, 0.15) is 19.5 Å². The Morgan fingerprint density at radius 1 is 1.16 bits per heavy atom. The lowest BCUT2D eigenvalue weighted by atomic mass is 10.2. The van der Waals surface area contributed by atoms with Crippen LogP contribution in [0.2, 0.25) is 0 Å². The van der Waals surface area contributed by atoms with Crippen LogP contribution >= 0.6 is 0 Å². The maximum atomic E-state index is 5.55. The molecule has 19 heavy (non-hydrogen) atoms. The van der Waals surface area contributed by atoms with Gasteiger partial charge in [0.15, 0.2) is 5.82 Å². The molecule has 0 radical (unpaired) electrons. The van der Waals surface area contributed by atoms with Crippen molar-refractivity contribution in [2.75, 3.05) is 7.11 Å². The number of para-hydroxylation sites is 1. The number of hydrogen-bond acceptors (Lipinski definition) is 4. The van der Waals surface area contributed by atoms with Crippen molar-refractivity contribution in [3.05, 3.63) is 42.2 Å². The summed E-state index contributed by atoms with van der Waals surface area (Å²) < 4.78 is 10.9. The van der Waals surface area contributed by atoms with Gasteiger partial charge in [-0.1, -0.05) is 12.1 Å². The van der Waals surface area contributed by atoms with Gasteiger partial charge in [-0.05, 0) is 32.0 Å². The van der Waals surface area contributed by atoms with Crippen molar-refractivity contribution in [1.29, 1.82) is 0 Å². The van der Waals surface area contributed by atoms with Crippen LogP contribution in [0, 0.1) is 0 Å². The topological polar surface area (TPSA) is 44.2 Å². The molecule has 0 N–H and O–H groups in total. The van der Waals surface area contributed by atoms with E-state index >= 15 is 0 Å². The normalized spacial score (nSPS) is 10.7. The van der Waals surface area contributed by atoms with Crippen molar-refractivity contribution < 1.29 is 9.47 Å². The number of rotatable bonds is 5. The van der Waals surface area contributed by atoms with Gasteiger partial charge in [0.05, 0.1) is 31.1 Å². The highest BCUT2D eigenvalue weighted by Crippen LogP contribution is 2.26. The Balaban J connectivity index is 2.27. The van der Waals surface area contributed by atoms with Gasteiger partial charge in [0.2, 0.25) is 0 Å². The Morgan fingerprint density at radius 2 is 1.95 bits per heavy atom. The van der Waals surface area contributed by atoms with Gasteiger partial charge in [-0.15, -0.1) is 0 Å². The first kappa shape index (κ1) is 13.5. The van der Waals surface area contributed by atoms with Crippen molar-refractivity contribution in [2.24, 2.45) is 0 Å². The zero-order chi connectivity index (χ0) is 13.7. The number of hydrogen-bond donors (Lipinski definition) is 0. The largest absolute Gasteiger partial charge is 0.496 e. The fraction of sp³-hybridized carbons (Fsp3) is 0.333. The van der Waals surface area contributed by atoms with Crippen LogP contribution in [0.3, 0.4) is 0 Å². The van der Waals surface area contributed by atoms with Crippen molar-refractivity contribution in [3.8, 4) is 17.1 Å². The average Bonchev–Trinajstić information content (AvgIpc) is 2.45. The lowest BCUT2D eigenvalue weighted by Gasteiger charge is -2.09. The second-order valence-electron chi connectivity index (χ2n) is 4.43. The lowest BCUT2D eigenvalue weighted by Crippen LogP contribution is -2.04. The Labute approximate surface area is 113 Å². The quantitative estimate of drug-likeness (QED) is 0.826. The first-order chi connectivity index (χ1) is 9.20. The molecule has 0 saturated heterocycles. The van der Waals surface area contributed by atoms with Crippen LogP contribution in [0.25, 0.3) is 11.4 Å². The zero-order valence-corrected chi connectivity index (χ0v) is 11.5. The molecule has 0 amide bonds. The average molecular weight is 258 g/mol. The summed E-state index contributed by atoms with van der Waals surface area (Å²) in [4.78, 5) is 8.81. The van der Waals surface area contributed by atoms with Crippen molar-refractivity contribution in [1.82, 2.24) is 9.97 Å². The van der Waals surface area contributed by atoms with Gasteiger partial charge >= 0.3 is 0 Å². The van der Waals surface area contributed by atoms with Crippen molar-refractivity contribution >= 4 is 0 Å². The summed E-state index contributed by atoms with van der Waals surface area (Å²) in [6, 6.07) is 9.57. The Morgan fingerprint density at radius 3 is 2.68 bits per heavy atom. The number of aromatic nitrogens is 2. The molecular weight excluding hydrogens is 240 g/mol. The molecule has 2 aromatic rings. The van der Waals surface area contributed by atoms with Gasteiger partial charge in [0, 0.05) is 6.20 Å². The van der Waals surface area contributed by atoms with E-state index in [2.05, 4.69) is 9.97 Å². The third kappa shape index (κ3) is 3.51. The maximum Gasteiger partial charge on any atom is 0.163 e. The summed E-state index contributed by atoms with van der Waals surface area (Å²) in [5.74, 6) is 1.42. The molecule has 0 saturated carbocycles. The predicted octanol–water partition coefficient (Wildman–Crippen LogP) is 3.08. The van der Waals surface area contributed by atoms with Crippen LogP contribution in [-0.4, -0.2) is 23.2 Å². The Kier molecular flexibility index (Phi) is 4.47. The first-order valence-electron chi connectivity index (χ1n) is 6.27. The van der Waals surface area contributed by atoms with Gasteiger partial charge in [0.25, 0.3) is 0 Å². The fourth-order valence-corrected chi connectivity index (χ4v) is 1.69. The second kappa shape index (κ2) is 6.29. The van der Waals surface area contributed by atoms with Gasteiger partial charge < -0.3 is 9.47 Å². The van der Waals surface area contributed by atoms with Gasteiger partial charge in [-0.25, -0.2) is 9.97 Å². The minimum Gasteiger partial charge on any atom is -0.496 e. The predicted molar refractivity (Wildman–Crippen MR) is 73.9 cm³/mol. The summed E-state index contributed by atoms with van der Waals surface area (Å²) in [6.07, 6.45) is 1.93. The summed E-state index contributed by atoms with van der Waals surface area (Å²) in [7, 11) is 1.64. The minimum absolute atomic E-state index is 0.185. The van der Waals surface area contributed by atoms with E-state index in [1.54, 1.807) is 13.3 Å². The van der Waals surface area contributed by atoms with E-state index in [1.165, 1.54) is 0 Å². The lowest BCUT2D eigenvalue weighted by molar-refractivity contribution is 0.0636. The van der Waals surface area contributed by atoms with Crippen LogP contribution in [0.15, 0.2) is 36.5 Å². The Bertz CT molecular complexity index is 541. The smallest absolute Gasteiger partial charge is 0.163 e. The standard InChI is InChI=1S/C15H18N2O2/c1-11(2)19-10-12-8-9-16-15(17-12)13-6-4-5-7-14(13)18-3/h4-9,11H,10H2,1-3H3. The minimum atomic E-state index is 0.185. The number of ether oxygens (including phenoxy) is 2. The molecule has 0 spiro atoms. The van der Waals surface area contributed by atoms with Gasteiger partial charge in [0.1, 0.15) is 5.75 Å².